The second-order valence-electron chi connectivity index (χ2n) is 21.8. The van der Waals surface area contributed by atoms with Crippen LogP contribution >= 0.6 is 0 Å². The number of rotatable bonds is 54. The zero-order valence-corrected chi connectivity index (χ0v) is 50.8. The lowest BCUT2D eigenvalue weighted by Gasteiger charge is -2.40. The highest BCUT2D eigenvalue weighted by Crippen LogP contribution is 2.23. The van der Waals surface area contributed by atoms with Gasteiger partial charge in [0.2, 0.25) is 5.91 Å². The van der Waals surface area contributed by atoms with Gasteiger partial charge in [-0.25, -0.2) is 0 Å². The van der Waals surface area contributed by atoms with Gasteiger partial charge in [0.15, 0.2) is 6.29 Å². The number of carbonyl (C=O) groups is 1. The molecule has 7 atom stereocenters. The third-order valence-electron chi connectivity index (χ3n) is 14.4. The first-order chi connectivity index (χ1) is 39.3. The fourth-order valence-electron chi connectivity index (χ4n) is 9.38. The first-order valence-electron chi connectivity index (χ1n) is 32.4. The molecule has 0 radical (unpaired) electrons. The Morgan fingerprint density at radius 3 is 1.20 bits per heavy atom. The Bertz CT molecular complexity index is 1720. The molecular weight excluding hydrogens is 995 g/mol. The minimum atomic E-state index is -1.58. The fourth-order valence-corrected chi connectivity index (χ4v) is 9.38. The molecule has 1 saturated heterocycles. The molecule has 1 aliphatic rings. The van der Waals surface area contributed by atoms with Crippen molar-refractivity contribution in [1.29, 1.82) is 0 Å². The Hall–Kier alpha value is -3.67. The molecule has 0 spiro atoms. The van der Waals surface area contributed by atoms with Crippen molar-refractivity contribution in [2.24, 2.45) is 0 Å². The highest BCUT2D eigenvalue weighted by molar-refractivity contribution is 5.76. The van der Waals surface area contributed by atoms with Crippen molar-refractivity contribution in [2.75, 3.05) is 13.2 Å². The van der Waals surface area contributed by atoms with Crippen molar-refractivity contribution < 1.29 is 39.8 Å². The van der Waals surface area contributed by atoms with Crippen LogP contribution in [0.2, 0.25) is 0 Å². The van der Waals surface area contributed by atoms with E-state index in [-0.39, 0.29) is 12.5 Å². The van der Waals surface area contributed by atoms with Crippen LogP contribution in [0.25, 0.3) is 0 Å². The molecule has 6 N–H and O–H groups in total. The number of allylic oxidation sites excluding steroid dienone is 21. The summed E-state index contributed by atoms with van der Waals surface area (Å²) in [5.41, 5.74) is 0. The van der Waals surface area contributed by atoms with E-state index in [1.807, 2.05) is 6.08 Å². The molecule has 1 fully saturated rings. The zero-order valence-electron chi connectivity index (χ0n) is 50.8. The van der Waals surface area contributed by atoms with Gasteiger partial charge < -0.3 is 40.3 Å². The van der Waals surface area contributed by atoms with Crippen molar-refractivity contribution in [1.82, 2.24) is 5.32 Å². The molecule has 0 bridgehead atoms. The predicted octanol–water partition coefficient (Wildman–Crippen LogP) is 17.2. The summed E-state index contributed by atoms with van der Waals surface area (Å²) >= 11 is 0. The number of ether oxygens (including phenoxy) is 2. The summed E-state index contributed by atoms with van der Waals surface area (Å²) in [6.07, 6.45) is 82.5. The highest BCUT2D eigenvalue weighted by atomic mass is 16.7. The lowest BCUT2D eigenvalue weighted by atomic mass is 9.99. The maximum atomic E-state index is 13.1. The molecule has 0 aliphatic carbocycles. The molecule has 9 nitrogen and oxygen atoms in total. The second-order valence-corrected chi connectivity index (χ2v) is 21.8. The van der Waals surface area contributed by atoms with E-state index in [0.29, 0.717) is 6.42 Å². The Morgan fingerprint density at radius 2 is 0.787 bits per heavy atom. The van der Waals surface area contributed by atoms with Gasteiger partial charge in [0.25, 0.3) is 0 Å². The maximum absolute atomic E-state index is 13.1. The van der Waals surface area contributed by atoms with Gasteiger partial charge in [-0.05, 0) is 109 Å². The number of unbranched alkanes of at least 4 members (excludes halogenated alkanes) is 24. The second kappa shape index (κ2) is 58.5. The predicted molar refractivity (Wildman–Crippen MR) is 340 cm³/mol. The molecule has 456 valence electrons. The lowest BCUT2D eigenvalue weighted by Crippen LogP contribution is -2.60. The van der Waals surface area contributed by atoms with E-state index in [2.05, 4.69) is 141 Å². The van der Waals surface area contributed by atoms with Crippen LogP contribution < -0.4 is 5.32 Å². The van der Waals surface area contributed by atoms with Gasteiger partial charge in [-0.2, -0.15) is 0 Å². The summed E-state index contributed by atoms with van der Waals surface area (Å²) in [7, 11) is 0. The van der Waals surface area contributed by atoms with Gasteiger partial charge in [0.1, 0.15) is 24.4 Å². The van der Waals surface area contributed by atoms with E-state index in [1.165, 1.54) is 128 Å². The van der Waals surface area contributed by atoms with E-state index in [4.69, 9.17) is 9.47 Å². The summed E-state index contributed by atoms with van der Waals surface area (Å²) in [6.45, 7) is 3.64. The van der Waals surface area contributed by atoms with E-state index in [1.54, 1.807) is 6.08 Å². The maximum Gasteiger partial charge on any atom is 0.220 e. The van der Waals surface area contributed by atoms with E-state index >= 15 is 0 Å². The normalized spacial score (nSPS) is 19.4. The quantitative estimate of drug-likeness (QED) is 0.0261. The Labute approximate surface area is 490 Å². The Morgan fingerprint density at radius 1 is 0.438 bits per heavy atom. The molecule has 1 heterocycles. The van der Waals surface area contributed by atoms with Gasteiger partial charge in [-0.1, -0.05) is 270 Å². The van der Waals surface area contributed by atoms with Gasteiger partial charge in [-0.15, -0.1) is 0 Å². The molecule has 1 rings (SSSR count). The van der Waals surface area contributed by atoms with Gasteiger partial charge >= 0.3 is 0 Å². The minimum absolute atomic E-state index is 0.196. The fraction of sp³-hybridized carbons (Fsp3) is 0.676. The van der Waals surface area contributed by atoms with Crippen molar-refractivity contribution >= 4 is 5.91 Å². The summed E-state index contributed by atoms with van der Waals surface area (Å²) in [6, 6.07) is -0.837. The third kappa shape index (κ3) is 46.9. The SMILES string of the molecule is CC/C=C\C/C=C\C/C=C\C/C=C\C/C=C\C/C=C\C/C=C\C/C=C\CCCCCCCCCCCCCCCCC(=O)NC(COC1OC(CO)C(O)C(O)C1O)C(O)/C=C/CC/C=C/CC/C=C/CCCCCCCCCC. The van der Waals surface area contributed by atoms with Crippen LogP contribution in [0.1, 0.15) is 251 Å². The number of aliphatic hydroxyl groups is 5. The summed E-state index contributed by atoms with van der Waals surface area (Å²) in [5, 5.41) is 54.6. The summed E-state index contributed by atoms with van der Waals surface area (Å²) in [5.74, 6) is -0.196. The summed E-state index contributed by atoms with van der Waals surface area (Å²) in [4.78, 5) is 13.1. The highest BCUT2D eigenvalue weighted by Gasteiger charge is 2.44. The van der Waals surface area contributed by atoms with Crippen LogP contribution in [-0.4, -0.2) is 87.5 Å². The first kappa shape index (κ1) is 74.3. The van der Waals surface area contributed by atoms with Crippen LogP contribution in [0, 0.1) is 0 Å². The third-order valence-corrected chi connectivity index (χ3v) is 14.4. The van der Waals surface area contributed by atoms with E-state index in [0.717, 1.165) is 103 Å². The number of hydrogen-bond acceptors (Lipinski definition) is 8. The molecule has 80 heavy (non-hydrogen) atoms. The number of aliphatic hydroxyl groups excluding tert-OH is 5. The number of amides is 1. The first-order valence-corrected chi connectivity index (χ1v) is 32.4. The van der Waals surface area contributed by atoms with E-state index in [9.17, 15) is 30.3 Å². The smallest absolute Gasteiger partial charge is 0.220 e. The summed E-state index contributed by atoms with van der Waals surface area (Å²) < 4.78 is 11.3. The largest absolute Gasteiger partial charge is 0.394 e. The van der Waals surface area contributed by atoms with Crippen LogP contribution in [0.3, 0.4) is 0 Å². The van der Waals surface area contributed by atoms with E-state index < -0.39 is 49.5 Å². The lowest BCUT2D eigenvalue weighted by molar-refractivity contribution is -0.302. The van der Waals surface area contributed by atoms with Gasteiger partial charge in [0, 0.05) is 6.42 Å². The molecule has 9 heteroatoms. The molecule has 7 unspecified atom stereocenters. The molecular formula is C71H119NO8. The minimum Gasteiger partial charge on any atom is -0.394 e. The average Bonchev–Trinajstić information content (AvgIpc) is 3.46. The zero-order chi connectivity index (χ0) is 57.9. The number of nitrogens with one attached hydrogen (secondary N) is 1. The van der Waals surface area contributed by atoms with Crippen LogP contribution in [0.15, 0.2) is 134 Å². The Balaban J connectivity index is 2.15. The topological polar surface area (TPSA) is 149 Å². The molecule has 1 amide bonds. The number of hydrogen-bond donors (Lipinski definition) is 6. The Kier molecular flexibility index (Phi) is 54.4. The van der Waals surface area contributed by atoms with Crippen molar-refractivity contribution in [3.8, 4) is 0 Å². The molecule has 0 saturated carbocycles. The van der Waals surface area contributed by atoms with Crippen LogP contribution in [-0.2, 0) is 14.3 Å². The molecule has 0 aromatic heterocycles. The molecule has 1 aliphatic heterocycles. The van der Waals surface area contributed by atoms with Crippen molar-refractivity contribution in [3.63, 3.8) is 0 Å². The van der Waals surface area contributed by atoms with Gasteiger partial charge in [0.05, 0.1) is 25.4 Å². The van der Waals surface area contributed by atoms with Gasteiger partial charge in [-0.3, -0.25) is 4.79 Å². The monoisotopic (exact) mass is 1110 g/mol. The average molecular weight is 1110 g/mol. The molecule has 0 aromatic carbocycles. The van der Waals surface area contributed by atoms with Crippen molar-refractivity contribution in [2.45, 2.75) is 294 Å². The van der Waals surface area contributed by atoms with Crippen LogP contribution in [0.5, 0.6) is 0 Å². The van der Waals surface area contributed by atoms with Crippen molar-refractivity contribution in [3.05, 3.63) is 134 Å². The van der Waals surface area contributed by atoms with Crippen LogP contribution in [0.4, 0.5) is 0 Å². The standard InChI is InChI=1S/C71H119NO8/c1-3-5-7-9-11-13-15-17-19-21-23-24-25-26-27-28-29-30-31-32-33-34-35-36-37-38-39-40-41-42-43-45-47-49-51-53-55-57-59-61-67(75)72-64(63-79-71-70(78)69(77)68(76)66(62-73)80-71)65(74)60-58-56-54-52-50-48-46-44-22-20-18-16-14-12-10-8-6-4-2/h5,7,11,13,17,19,22-24,26-27,29-30,32-33,35-36,44,50,52,58,60,64-66,68-71,73-74,76-78H,3-4,6,8-10,12,14-16,18,20-21,25,28,31,34,37-43,45-49,51,53-57,59,61-63H2,1-2H3,(H,72,75)/b7-5-,13-11-,19-17-,24-23-,27-26-,30-29-,33-32-,36-35-,44-22+,52-50+,60-58+. The number of carbonyl (C=O) groups excluding carboxylic acids is 1. The molecule has 0 aromatic rings.